The highest BCUT2D eigenvalue weighted by atomic mass is 79.9. The van der Waals surface area contributed by atoms with Crippen LogP contribution in [-0.2, 0) is 74.8 Å². The number of aromatic nitrogens is 8. The minimum Gasteiger partial charge on any atom is -0.494 e. The summed E-state index contributed by atoms with van der Waals surface area (Å²) in [6, 6.07) is 29.2. The number of aromatic hydroxyl groups is 2. The van der Waals surface area contributed by atoms with Crippen LogP contribution >= 0.6 is 111 Å². The van der Waals surface area contributed by atoms with Crippen molar-refractivity contribution in [3.8, 4) is 57.6 Å². The number of carbonyl (C=O) groups is 4. The summed E-state index contributed by atoms with van der Waals surface area (Å²) in [5.74, 6) is 0.114. The molecule has 9 rings (SSSR count). The molecule has 3 aromatic carbocycles. The van der Waals surface area contributed by atoms with E-state index in [2.05, 4.69) is 126 Å². The third kappa shape index (κ3) is 38.0. The van der Waals surface area contributed by atoms with Crippen molar-refractivity contribution in [3.05, 3.63) is 183 Å². The zero-order valence-electron chi connectivity index (χ0n) is 73.7. The van der Waals surface area contributed by atoms with Crippen LogP contribution in [0.25, 0.3) is 11.4 Å². The van der Waals surface area contributed by atoms with Gasteiger partial charge in [0.05, 0.1) is 79.9 Å². The molecule has 0 fully saturated rings. The van der Waals surface area contributed by atoms with E-state index in [1.807, 2.05) is 49.5 Å². The number of thioether (sulfide) groups is 1. The summed E-state index contributed by atoms with van der Waals surface area (Å²) in [5.41, 5.74) is 0.488. The molecule has 0 saturated heterocycles. The number of aliphatic imine (C=N–C) groups is 1. The molecule has 0 atom stereocenters. The number of halogens is 8. The first-order valence-electron chi connectivity index (χ1n) is 39.2. The molecule has 6 aromatic heterocycles. The Hall–Kier alpha value is -9.23. The molecule has 131 heavy (non-hydrogen) atoms. The van der Waals surface area contributed by atoms with Crippen molar-refractivity contribution in [1.82, 2.24) is 39.0 Å². The first-order valence-corrected chi connectivity index (χ1v) is 51.2. The van der Waals surface area contributed by atoms with Crippen molar-refractivity contribution >= 4 is 175 Å². The Morgan fingerprint density at radius 2 is 0.954 bits per heavy atom. The van der Waals surface area contributed by atoms with E-state index in [4.69, 9.17) is 67.4 Å². The Kier molecular flexibility index (Phi) is 53.4. The summed E-state index contributed by atoms with van der Waals surface area (Å²) in [5, 5.41) is 19.4. The zero-order valence-corrected chi connectivity index (χ0v) is 85.8. The average molecular weight is 2220 g/mol. The van der Waals surface area contributed by atoms with Crippen LogP contribution in [0.3, 0.4) is 0 Å². The van der Waals surface area contributed by atoms with Crippen LogP contribution in [0.2, 0.25) is 19.6 Å². The van der Waals surface area contributed by atoms with E-state index in [-0.39, 0.29) is 67.6 Å². The molecule has 0 aliphatic heterocycles. The number of methoxy groups -OCH3 is 6. The van der Waals surface area contributed by atoms with Crippen LogP contribution in [0.4, 0.5) is 18.9 Å². The van der Waals surface area contributed by atoms with Gasteiger partial charge in [0.1, 0.15) is 77.8 Å². The highest BCUT2D eigenvalue weighted by Gasteiger charge is 2.49. The maximum atomic E-state index is 13.6. The zero-order chi connectivity index (χ0) is 97.8. The number of para-hydroxylation sites is 3. The number of nitrogens with one attached hydrogen (secondary N) is 1. The fraction of sp³-hybridized carbons (Fsp3) is 0.393. The number of alkyl halides is 4. The fourth-order valence-electron chi connectivity index (χ4n) is 10.1. The van der Waals surface area contributed by atoms with Crippen LogP contribution in [0.15, 0.2) is 185 Å². The number of nitrogens with zero attached hydrogens (tertiary/aromatic N) is 8. The third-order valence-electron chi connectivity index (χ3n) is 15.9. The number of unbranched alkanes of at least 4 members (excludes halogenated alkanes) is 3. The highest BCUT2D eigenvalue weighted by molar-refractivity contribution is 9.11. The SMILES string of the molecule is C.CCCCC(N)=Nc1c(OC)cccc1OC.CCCCc1nc(O)c(S(=O)(=O)c2ccc(Br)cn2)c(=O)n1-c1c(OC)cccc1OC.CCCCc1nc(O)c(Sc2ccc(Br)cn2)c(=O)n1-c1c(OC)cccc1OC.CCOC(=O)C(Cl)C(=O)OCC.CCOC(=O)C(Sc1ccc(Br)cn1)C(=O)OCC.C[Si](C)(C)OS(=O)(=O)C(F)(F)F.S=c1ccc(Br)c[nH]1. The second-order valence-corrected chi connectivity index (χ2v) is 41.3. The van der Waals surface area contributed by atoms with Crippen molar-refractivity contribution in [2.24, 2.45) is 10.7 Å². The van der Waals surface area contributed by atoms with Crippen molar-refractivity contribution in [2.75, 3.05) is 69.1 Å². The van der Waals surface area contributed by atoms with Gasteiger partial charge < -0.3 is 72.2 Å². The van der Waals surface area contributed by atoms with E-state index in [1.165, 1.54) is 71.0 Å². The van der Waals surface area contributed by atoms with E-state index in [0.717, 1.165) is 84.7 Å². The minimum absolute atomic E-state index is 0. The molecule has 6 heterocycles. The van der Waals surface area contributed by atoms with Gasteiger partial charge in [-0.25, -0.2) is 38.0 Å². The molecule has 0 amide bonds. The van der Waals surface area contributed by atoms with Crippen molar-refractivity contribution in [2.45, 2.75) is 174 Å². The Morgan fingerprint density at radius 3 is 1.31 bits per heavy atom. The number of aryl methyl sites for hydroxylation is 2. The Morgan fingerprint density at radius 1 is 0.565 bits per heavy atom. The lowest BCUT2D eigenvalue weighted by molar-refractivity contribution is -0.155. The molecule has 0 aliphatic carbocycles. The molecule has 0 bridgehead atoms. The standard InChI is InChI=1S/C21H22BrN3O6S.C21H22BrN3O4S.C13H20N2O2.C12H14BrNO4S.C7H11ClO4.C5H4BrNS.C4H9F3O3SSi.CH4/c1-4-5-9-16-24-20(26)19(32(28,29)17-11-10-13(22)12-23-17)21(27)25(16)18-14(30-2)7-6-8-15(18)31-3;1-4-5-9-16-24-20(26)19(30-17-11-10-13(22)12-23-17)21(27)25(16)18-14(28-2)7-6-8-15(18)29-3;1-4-5-9-12(14)15-13-10(16-2)7-6-8-11(13)17-3;1-3-17-11(15)10(12(16)18-4-2)19-9-6-5-8(13)7-14-9;1-3-11-6(9)5(8)7(10)12-4-2;6-4-1-2-5(8)7-3-4;1-12(2,3)10-11(8,9)4(5,6)7;/h6-8,10-12,26H,4-5,9H2,1-3H3;6-8,10-12,26H,4-5,9H2,1-3H3;6-8H,4-5,9H2,1-3H3,(H2,14,15);5-7,10H,3-4H2,1-2H3;5H,3-4H2,1-2H3;1-3H,(H,7,8);1-3H3;1H4. The van der Waals surface area contributed by atoms with Gasteiger partial charge in [-0.2, -0.15) is 31.6 Å². The van der Waals surface area contributed by atoms with E-state index >= 15 is 0 Å². The number of carbonyl (C=O) groups excluding carboxylic acids is 4. The van der Waals surface area contributed by atoms with Gasteiger partial charge in [0.15, 0.2) is 5.03 Å². The van der Waals surface area contributed by atoms with Gasteiger partial charge in [0.25, 0.3) is 11.1 Å². The lowest BCUT2D eigenvalue weighted by Gasteiger charge is -2.19. The van der Waals surface area contributed by atoms with Crippen LogP contribution in [0, 0.1) is 4.64 Å². The molecular formula is C84H106Br4ClF3N10O23S5Si. The van der Waals surface area contributed by atoms with Crippen molar-refractivity contribution in [3.63, 3.8) is 0 Å². The summed E-state index contributed by atoms with van der Waals surface area (Å²) in [4.78, 5) is 99.5. The number of esters is 4. The molecule has 5 N–H and O–H groups in total. The number of nitrogens with two attached hydrogens (primary N) is 1. The normalized spacial score (nSPS) is 11.0. The van der Waals surface area contributed by atoms with E-state index in [0.29, 0.717) is 79.8 Å². The number of hydrogen-bond acceptors (Lipinski definition) is 32. The first-order chi connectivity index (χ1) is 61.4. The molecule has 0 unspecified atom stereocenters. The van der Waals surface area contributed by atoms with Crippen LogP contribution in [0.1, 0.15) is 112 Å². The average Bonchev–Trinajstić information content (AvgIpc) is 0.745. The maximum absolute atomic E-state index is 13.6. The number of amidine groups is 1. The minimum atomic E-state index is -5.39. The lowest BCUT2D eigenvalue weighted by atomic mass is 10.2. The van der Waals surface area contributed by atoms with Gasteiger partial charge in [-0.3, -0.25) is 28.3 Å². The molecule has 33 nitrogen and oxygen atoms in total. The van der Waals surface area contributed by atoms with Crippen molar-refractivity contribution in [1.29, 1.82) is 0 Å². The van der Waals surface area contributed by atoms with E-state index in [9.17, 15) is 69.0 Å². The number of benzene rings is 3. The number of rotatable bonds is 34. The van der Waals surface area contributed by atoms with Gasteiger partial charge in [-0.05, 0) is 215 Å². The monoisotopic (exact) mass is 2220 g/mol. The second kappa shape index (κ2) is 59.4. The van der Waals surface area contributed by atoms with Gasteiger partial charge in [0.2, 0.25) is 45.4 Å². The Balaban J connectivity index is 0.000000541. The van der Waals surface area contributed by atoms with Gasteiger partial charge in [0, 0.05) is 61.9 Å². The number of sulfone groups is 1. The summed E-state index contributed by atoms with van der Waals surface area (Å²) in [7, 11) is -3.46. The molecule has 720 valence electrons. The van der Waals surface area contributed by atoms with E-state index < -0.39 is 95.2 Å². The summed E-state index contributed by atoms with van der Waals surface area (Å²) in [6.07, 6.45) is 13.2. The summed E-state index contributed by atoms with van der Waals surface area (Å²) >= 11 is 25.3. The van der Waals surface area contributed by atoms with Crippen molar-refractivity contribution < 1.29 is 111 Å². The topological polar surface area (TPSA) is 441 Å². The second-order valence-electron chi connectivity index (χ2n) is 26.5. The number of pyridine rings is 4. The largest absolute Gasteiger partial charge is 0.522 e. The molecule has 0 saturated carbocycles. The van der Waals surface area contributed by atoms with Gasteiger partial charge in [-0.15, -0.1) is 0 Å². The number of H-pyrrole nitrogens is 1. The predicted octanol–water partition coefficient (Wildman–Crippen LogP) is 18.8. The van der Waals surface area contributed by atoms with Gasteiger partial charge in [-0.1, -0.05) is 113 Å². The summed E-state index contributed by atoms with van der Waals surface area (Å²) < 4.78 is 144. The number of hydrogen-bond donors (Lipinski definition) is 4. The molecule has 0 radical (unpaired) electrons. The third-order valence-corrected chi connectivity index (χ3v) is 25.6. The highest BCUT2D eigenvalue weighted by Crippen LogP contribution is 2.40. The number of ether oxygens (including phenoxy) is 10. The lowest BCUT2D eigenvalue weighted by Crippen LogP contribution is -2.36. The van der Waals surface area contributed by atoms with Crippen LogP contribution in [0.5, 0.6) is 46.3 Å². The van der Waals surface area contributed by atoms with E-state index in [1.54, 1.807) is 109 Å². The Bertz CT molecular complexity index is 5500. The first kappa shape index (κ1) is 118. The summed E-state index contributed by atoms with van der Waals surface area (Å²) in [6.45, 7) is 17.7. The van der Waals surface area contributed by atoms with Gasteiger partial charge >= 0.3 is 39.5 Å². The molecule has 0 aliphatic rings. The maximum Gasteiger partial charge on any atom is 0.522 e. The molecule has 9 aromatic rings. The molecule has 0 spiro atoms. The Labute approximate surface area is 812 Å². The fourth-order valence-corrected chi connectivity index (χ4v) is 17.2. The molecular weight excluding hydrogens is 2120 g/mol. The van der Waals surface area contributed by atoms with Crippen LogP contribution in [-0.4, -0.2) is 189 Å². The predicted molar refractivity (Wildman–Crippen MR) is 513 cm³/mol. The smallest absolute Gasteiger partial charge is 0.494 e. The number of aromatic amines is 1. The van der Waals surface area contributed by atoms with Crippen LogP contribution < -0.4 is 45.3 Å². The molecule has 47 heteroatoms. The quantitative estimate of drug-likeness (QED) is 0.00278.